The van der Waals surface area contributed by atoms with Crippen LogP contribution in [0.3, 0.4) is 0 Å². The Hall–Kier alpha value is -1.45. The highest BCUT2D eigenvalue weighted by Gasteiger charge is 2.32. The van der Waals surface area contributed by atoms with Crippen molar-refractivity contribution in [2.24, 2.45) is 17.8 Å². The van der Waals surface area contributed by atoms with Gasteiger partial charge in [-0.25, -0.2) is 4.39 Å². The van der Waals surface area contributed by atoms with Crippen molar-refractivity contribution in [3.8, 4) is 5.75 Å². The zero-order valence-electron chi connectivity index (χ0n) is 19.2. The van der Waals surface area contributed by atoms with Crippen LogP contribution in [-0.4, -0.2) is 12.9 Å². The van der Waals surface area contributed by atoms with Crippen LogP contribution in [0.15, 0.2) is 12.1 Å². The van der Waals surface area contributed by atoms with Crippen molar-refractivity contribution in [2.75, 3.05) is 6.61 Å². The van der Waals surface area contributed by atoms with Crippen LogP contribution in [-0.2, 0) is 4.79 Å². The first-order valence-electron chi connectivity index (χ1n) is 12.7. The van der Waals surface area contributed by atoms with Crippen LogP contribution >= 0.6 is 0 Å². The van der Waals surface area contributed by atoms with Gasteiger partial charge in [-0.2, -0.15) is 4.39 Å². The van der Waals surface area contributed by atoms with Gasteiger partial charge in [0.05, 0.1) is 6.61 Å². The Kier molecular flexibility index (Phi) is 9.80. The number of carbonyl (C=O) groups excluding carboxylic acids is 1. The fraction of sp³-hybridized carbons (Fsp3) is 0.741. The maximum Gasteiger partial charge on any atom is 0.200 e. The standard InChI is InChI=1S/C27H40F2O2/c1-2-3-4-7-20-8-10-21(11-9-20)22-12-14-23(15-13-22)24-16-17-25(27(29)26(24)28)31-19-6-5-18-30/h16-18,20-23H,2-15,19H2,1H3. The lowest BCUT2D eigenvalue weighted by atomic mass is 9.68. The van der Waals surface area contributed by atoms with Crippen molar-refractivity contribution >= 4 is 6.29 Å². The average molecular weight is 435 g/mol. The molecule has 0 heterocycles. The van der Waals surface area contributed by atoms with Crippen molar-refractivity contribution in [2.45, 2.75) is 103 Å². The molecule has 0 spiro atoms. The lowest BCUT2D eigenvalue weighted by Gasteiger charge is -2.38. The highest BCUT2D eigenvalue weighted by atomic mass is 19.2. The maximum atomic E-state index is 14.7. The number of unbranched alkanes of at least 4 members (excludes halogenated alkanes) is 3. The molecule has 0 aliphatic heterocycles. The molecule has 0 atom stereocenters. The molecule has 0 aromatic heterocycles. The van der Waals surface area contributed by atoms with Crippen molar-refractivity contribution in [1.82, 2.24) is 0 Å². The third kappa shape index (κ3) is 6.76. The van der Waals surface area contributed by atoms with E-state index >= 15 is 0 Å². The predicted octanol–water partition coefficient (Wildman–Crippen LogP) is 7.98. The largest absolute Gasteiger partial charge is 0.490 e. The van der Waals surface area contributed by atoms with Crippen LogP contribution in [0, 0.1) is 29.4 Å². The van der Waals surface area contributed by atoms with Gasteiger partial charge < -0.3 is 9.53 Å². The first-order chi connectivity index (χ1) is 15.1. The van der Waals surface area contributed by atoms with Gasteiger partial charge in [-0.3, -0.25) is 0 Å². The van der Waals surface area contributed by atoms with Crippen molar-refractivity contribution in [3.05, 3.63) is 29.3 Å². The van der Waals surface area contributed by atoms with E-state index in [1.54, 1.807) is 12.1 Å². The summed E-state index contributed by atoms with van der Waals surface area (Å²) in [5.74, 6) is 0.983. The molecule has 2 nitrogen and oxygen atoms in total. The van der Waals surface area contributed by atoms with E-state index in [0.29, 0.717) is 18.4 Å². The molecule has 2 saturated carbocycles. The van der Waals surface area contributed by atoms with Crippen LogP contribution in [0.5, 0.6) is 5.75 Å². The second-order valence-electron chi connectivity index (χ2n) is 9.83. The SMILES string of the molecule is CCCCCC1CCC(C2CCC(c3ccc(OCCCC=O)c(F)c3F)CC2)CC1. The molecule has 0 saturated heterocycles. The number of carbonyl (C=O) groups is 1. The van der Waals surface area contributed by atoms with Gasteiger partial charge in [0, 0.05) is 6.42 Å². The van der Waals surface area contributed by atoms with Crippen molar-refractivity contribution in [1.29, 1.82) is 0 Å². The number of halogens is 2. The summed E-state index contributed by atoms with van der Waals surface area (Å²) in [6.07, 6.45) is 16.9. The Morgan fingerprint density at radius 2 is 1.58 bits per heavy atom. The summed E-state index contributed by atoms with van der Waals surface area (Å²) in [6, 6.07) is 3.26. The summed E-state index contributed by atoms with van der Waals surface area (Å²) < 4.78 is 34.5. The summed E-state index contributed by atoms with van der Waals surface area (Å²) in [5, 5.41) is 0. The zero-order chi connectivity index (χ0) is 22.1. The molecule has 0 N–H and O–H groups in total. The van der Waals surface area contributed by atoms with Crippen molar-refractivity contribution in [3.63, 3.8) is 0 Å². The van der Waals surface area contributed by atoms with Crippen LogP contribution in [0.1, 0.15) is 108 Å². The molecule has 0 unspecified atom stereocenters. The molecule has 0 amide bonds. The Morgan fingerprint density at radius 1 is 0.903 bits per heavy atom. The van der Waals surface area contributed by atoms with E-state index in [-0.39, 0.29) is 18.3 Å². The molecule has 0 radical (unpaired) electrons. The van der Waals surface area contributed by atoms with E-state index in [4.69, 9.17) is 4.74 Å². The van der Waals surface area contributed by atoms with Crippen LogP contribution in [0.2, 0.25) is 0 Å². The fourth-order valence-corrected chi connectivity index (χ4v) is 5.86. The zero-order valence-corrected chi connectivity index (χ0v) is 19.2. The topological polar surface area (TPSA) is 26.3 Å². The Bertz CT molecular complexity index is 674. The number of hydrogen-bond acceptors (Lipinski definition) is 2. The van der Waals surface area contributed by atoms with Gasteiger partial charge in [0.1, 0.15) is 6.29 Å². The van der Waals surface area contributed by atoms with Crippen LogP contribution in [0.4, 0.5) is 8.78 Å². The van der Waals surface area contributed by atoms with Gasteiger partial charge in [-0.1, -0.05) is 51.5 Å². The third-order valence-electron chi connectivity index (χ3n) is 7.79. The first-order valence-corrected chi connectivity index (χ1v) is 12.7. The maximum absolute atomic E-state index is 14.7. The van der Waals surface area contributed by atoms with Crippen LogP contribution < -0.4 is 4.74 Å². The summed E-state index contributed by atoms with van der Waals surface area (Å²) in [7, 11) is 0. The summed E-state index contributed by atoms with van der Waals surface area (Å²) >= 11 is 0. The highest BCUT2D eigenvalue weighted by molar-refractivity contribution is 5.49. The number of aldehydes is 1. The second kappa shape index (κ2) is 12.6. The summed E-state index contributed by atoms with van der Waals surface area (Å²) in [4.78, 5) is 10.4. The Morgan fingerprint density at radius 3 is 2.23 bits per heavy atom. The minimum atomic E-state index is -0.882. The molecule has 174 valence electrons. The van der Waals surface area contributed by atoms with E-state index in [0.717, 1.165) is 49.7 Å². The van der Waals surface area contributed by atoms with Gasteiger partial charge in [-0.15, -0.1) is 0 Å². The molecular weight excluding hydrogens is 394 g/mol. The molecule has 2 fully saturated rings. The van der Waals surface area contributed by atoms with Gasteiger partial charge in [-0.05, 0) is 80.2 Å². The summed E-state index contributed by atoms with van der Waals surface area (Å²) in [5.41, 5.74) is 0.510. The van der Waals surface area contributed by atoms with E-state index in [9.17, 15) is 13.6 Å². The normalized spacial score (nSPS) is 26.5. The smallest absolute Gasteiger partial charge is 0.200 e. The molecule has 2 aliphatic rings. The molecule has 1 aromatic rings. The van der Waals surface area contributed by atoms with Gasteiger partial charge >= 0.3 is 0 Å². The number of hydrogen-bond donors (Lipinski definition) is 0. The number of ether oxygens (including phenoxy) is 1. The first kappa shape index (κ1) is 24.2. The van der Waals surface area contributed by atoms with Crippen molar-refractivity contribution < 1.29 is 18.3 Å². The Labute approximate surface area is 187 Å². The fourth-order valence-electron chi connectivity index (χ4n) is 5.86. The quantitative estimate of drug-likeness (QED) is 0.261. The van der Waals surface area contributed by atoms with E-state index < -0.39 is 11.6 Å². The molecule has 4 heteroatoms. The molecular formula is C27H40F2O2. The van der Waals surface area contributed by atoms with Gasteiger partial charge in [0.2, 0.25) is 5.82 Å². The van der Waals surface area contributed by atoms with E-state index in [2.05, 4.69) is 6.92 Å². The van der Waals surface area contributed by atoms with E-state index in [1.165, 1.54) is 51.4 Å². The Balaban J connectivity index is 1.46. The number of rotatable bonds is 11. The molecule has 1 aromatic carbocycles. The van der Waals surface area contributed by atoms with Crippen LogP contribution in [0.25, 0.3) is 0 Å². The van der Waals surface area contributed by atoms with E-state index in [1.807, 2.05) is 0 Å². The average Bonchev–Trinajstić information content (AvgIpc) is 2.80. The minimum absolute atomic E-state index is 0.0449. The lowest BCUT2D eigenvalue weighted by Crippen LogP contribution is -2.25. The lowest BCUT2D eigenvalue weighted by molar-refractivity contribution is -0.108. The van der Waals surface area contributed by atoms with Gasteiger partial charge in [0.15, 0.2) is 11.6 Å². The third-order valence-corrected chi connectivity index (χ3v) is 7.79. The van der Waals surface area contributed by atoms with Gasteiger partial charge in [0.25, 0.3) is 0 Å². The summed E-state index contributed by atoms with van der Waals surface area (Å²) in [6.45, 7) is 2.49. The number of benzene rings is 1. The minimum Gasteiger partial charge on any atom is -0.490 e. The monoisotopic (exact) mass is 434 g/mol. The molecule has 31 heavy (non-hydrogen) atoms. The molecule has 0 bridgehead atoms. The molecule has 3 rings (SSSR count). The highest BCUT2D eigenvalue weighted by Crippen LogP contribution is 2.45. The second-order valence-corrected chi connectivity index (χ2v) is 9.83. The predicted molar refractivity (Wildman–Crippen MR) is 121 cm³/mol. The molecule has 2 aliphatic carbocycles.